The van der Waals surface area contributed by atoms with E-state index < -0.39 is 0 Å². The van der Waals surface area contributed by atoms with Crippen molar-refractivity contribution in [1.29, 1.82) is 0 Å². The molecule has 0 saturated carbocycles. The van der Waals surface area contributed by atoms with Crippen molar-refractivity contribution in [2.45, 2.75) is 26.2 Å². The molecule has 0 aromatic heterocycles. The van der Waals surface area contributed by atoms with E-state index in [1.807, 2.05) is 24.3 Å². The van der Waals surface area contributed by atoms with Crippen molar-refractivity contribution in [3.8, 4) is 0 Å². The van der Waals surface area contributed by atoms with Gasteiger partial charge in [-0.1, -0.05) is 32.9 Å². The van der Waals surface area contributed by atoms with Crippen LogP contribution in [-0.2, 0) is 5.41 Å². The zero-order chi connectivity index (χ0) is 9.19. The maximum absolute atomic E-state index is 10.4. The molecule has 0 aliphatic heterocycles. The maximum Gasteiger partial charge on any atom is 0.129 e. The van der Waals surface area contributed by atoms with Crippen molar-refractivity contribution in [3.63, 3.8) is 0 Å². The Morgan fingerprint density at radius 2 is 1.58 bits per heavy atom. The highest BCUT2D eigenvalue weighted by Gasteiger charge is 2.12. The van der Waals surface area contributed by atoms with Gasteiger partial charge in [0.25, 0.3) is 0 Å². The van der Waals surface area contributed by atoms with Crippen LogP contribution in [0.25, 0.3) is 0 Å². The Balaban J connectivity index is 2.93. The second-order valence-electron chi connectivity index (χ2n) is 3.99. The number of hydrogen-bond donors (Lipinski definition) is 1. The molecule has 0 heterocycles. The first-order chi connectivity index (χ1) is 5.54. The molecule has 0 aliphatic rings. The second kappa shape index (κ2) is 3.25. The fourth-order valence-corrected chi connectivity index (χ4v) is 1.06. The van der Waals surface area contributed by atoms with Crippen molar-refractivity contribution in [3.05, 3.63) is 35.0 Å². The van der Waals surface area contributed by atoms with E-state index in [2.05, 4.69) is 20.8 Å². The summed E-state index contributed by atoms with van der Waals surface area (Å²) in [6, 6.07) is 7.72. The van der Waals surface area contributed by atoms with Crippen LogP contribution in [0.4, 0.5) is 5.69 Å². The van der Waals surface area contributed by atoms with Crippen molar-refractivity contribution in [1.82, 2.24) is 0 Å². The van der Waals surface area contributed by atoms with Crippen LogP contribution in [0.2, 0.25) is 0 Å². The van der Waals surface area contributed by atoms with E-state index in [-0.39, 0.29) is 5.41 Å². The molecule has 0 radical (unpaired) electrons. The maximum atomic E-state index is 10.4. The number of rotatable bonds is 1. The van der Waals surface area contributed by atoms with Crippen LogP contribution in [0, 0.1) is 5.21 Å². The van der Waals surface area contributed by atoms with Gasteiger partial charge in [-0.3, -0.25) is 0 Å². The van der Waals surface area contributed by atoms with Crippen molar-refractivity contribution in [2.24, 2.45) is 0 Å². The fraction of sp³-hybridized carbons (Fsp3) is 0.400. The van der Waals surface area contributed by atoms with Gasteiger partial charge in [0, 0.05) is 0 Å². The van der Waals surface area contributed by atoms with E-state index in [1.165, 1.54) is 5.56 Å². The van der Waals surface area contributed by atoms with Crippen LogP contribution in [0.1, 0.15) is 26.3 Å². The summed E-state index contributed by atoms with van der Waals surface area (Å²) in [5.41, 5.74) is 3.03. The zero-order valence-electron chi connectivity index (χ0n) is 7.79. The summed E-state index contributed by atoms with van der Waals surface area (Å²) in [6.45, 7) is 6.47. The third-order valence-corrected chi connectivity index (χ3v) is 1.91. The molecule has 1 rings (SSSR count). The van der Waals surface area contributed by atoms with E-state index >= 15 is 0 Å². The lowest BCUT2D eigenvalue weighted by molar-refractivity contribution is -0.497. The fourth-order valence-electron chi connectivity index (χ4n) is 1.06. The number of nitrogens with two attached hydrogens (primary N) is 1. The van der Waals surface area contributed by atoms with E-state index in [0.717, 1.165) is 11.2 Å². The third kappa shape index (κ3) is 2.06. The molecule has 1 aromatic rings. The Bertz CT molecular complexity index is 246. The predicted molar refractivity (Wildman–Crippen MR) is 50.1 cm³/mol. The van der Waals surface area contributed by atoms with Gasteiger partial charge in [0.05, 0.1) is 0 Å². The summed E-state index contributed by atoms with van der Waals surface area (Å²) in [5.74, 6) is 0. The Hall–Kier alpha value is -0.860. The smallest absolute Gasteiger partial charge is 0.129 e. The van der Waals surface area contributed by atoms with E-state index in [4.69, 9.17) is 0 Å². The Morgan fingerprint density at radius 3 is 1.92 bits per heavy atom. The molecule has 0 saturated heterocycles. The van der Waals surface area contributed by atoms with E-state index in [0.29, 0.717) is 0 Å². The standard InChI is InChI=1S/C10H15NO/c1-10(2,3)8-4-6-9(11-12)7-5-8/h4-7H,11H2,1-3H3. The molecule has 2 heteroatoms. The lowest BCUT2D eigenvalue weighted by Gasteiger charge is -2.18. The summed E-state index contributed by atoms with van der Waals surface area (Å²) in [4.78, 5) is 0. The lowest BCUT2D eigenvalue weighted by atomic mass is 9.87. The number of hydrogen-bond acceptors (Lipinski definition) is 1. The van der Waals surface area contributed by atoms with Gasteiger partial charge in [-0.25, -0.2) is 0 Å². The van der Waals surface area contributed by atoms with Gasteiger partial charge < -0.3 is 10.7 Å². The first-order valence-corrected chi connectivity index (χ1v) is 4.10. The van der Waals surface area contributed by atoms with Crippen LogP contribution in [-0.4, -0.2) is 0 Å². The minimum absolute atomic E-state index is 0.168. The number of benzene rings is 1. The summed E-state index contributed by atoms with van der Waals surface area (Å²) in [7, 11) is 0. The molecule has 0 unspecified atom stereocenters. The molecule has 2 N–H and O–H groups in total. The quantitative estimate of drug-likeness (QED) is 0.499. The highest BCUT2D eigenvalue weighted by molar-refractivity contribution is 5.34. The van der Waals surface area contributed by atoms with Gasteiger partial charge >= 0.3 is 0 Å². The molecular formula is C10H15NO. The van der Waals surface area contributed by atoms with Crippen molar-refractivity contribution >= 4 is 5.69 Å². The molecule has 0 atom stereocenters. The SMILES string of the molecule is CC(C)(C)c1ccc([NH2+][O-])cc1. The van der Waals surface area contributed by atoms with Gasteiger partial charge in [0.15, 0.2) is 0 Å². The van der Waals surface area contributed by atoms with Crippen LogP contribution in [0.3, 0.4) is 0 Å². The van der Waals surface area contributed by atoms with E-state index in [1.54, 1.807) is 0 Å². The third-order valence-electron chi connectivity index (χ3n) is 1.91. The van der Waals surface area contributed by atoms with Crippen molar-refractivity contribution < 1.29 is 5.48 Å². The first kappa shape index (κ1) is 9.23. The van der Waals surface area contributed by atoms with Gasteiger partial charge in [-0.15, -0.1) is 0 Å². The molecule has 66 valence electrons. The highest BCUT2D eigenvalue weighted by Crippen LogP contribution is 2.22. The average Bonchev–Trinajstić information content (AvgIpc) is 2.03. The molecular weight excluding hydrogens is 150 g/mol. The second-order valence-corrected chi connectivity index (χ2v) is 3.99. The molecule has 0 spiro atoms. The van der Waals surface area contributed by atoms with Crippen LogP contribution < -0.4 is 5.48 Å². The molecule has 12 heavy (non-hydrogen) atoms. The largest absolute Gasteiger partial charge is 0.630 e. The normalized spacial score (nSPS) is 11.7. The predicted octanol–water partition coefficient (Wildman–Crippen LogP) is 1.68. The minimum Gasteiger partial charge on any atom is -0.630 e. The molecule has 2 nitrogen and oxygen atoms in total. The molecule has 0 fully saturated rings. The molecule has 0 bridgehead atoms. The van der Waals surface area contributed by atoms with Crippen LogP contribution in [0.5, 0.6) is 0 Å². The van der Waals surface area contributed by atoms with E-state index in [9.17, 15) is 5.21 Å². The molecule has 0 aliphatic carbocycles. The Morgan fingerprint density at radius 1 is 1.08 bits per heavy atom. The van der Waals surface area contributed by atoms with Crippen LogP contribution >= 0.6 is 0 Å². The van der Waals surface area contributed by atoms with Gasteiger partial charge in [-0.2, -0.15) is 0 Å². The lowest BCUT2D eigenvalue weighted by Crippen LogP contribution is -2.70. The average molecular weight is 165 g/mol. The number of quaternary nitrogens is 1. The summed E-state index contributed by atoms with van der Waals surface area (Å²) < 4.78 is 0. The van der Waals surface area contributed by atoms with Gasteiger partial charge in [0.2, 0.25) is 0 Å². The summed E-state index contributed by atoms with van der Waals surface area (Å²) in [5, 5.41) is 10.4. The Labute approximate surface area is 73.2 Å². The zero-order valence-corrected chi connectivity index (χ0v) is 7.79. The van der Waals surface area contributed by atoms with Crippen LogP contribution in [0.15, 0.2) is 24.3 Å². The first-order valence-electron chi connectivity index (χ1n) is 4.10. The monoisotopic (exact) mass is 165 g/mol. The summed E-state index contributed by atoms with van der Waals surface area (Å²) >= 11 is 0. The summed E-state index contributed by atoms with van der Waals surface area (Å²) in [6.07, 6.45) is 0. The minimum atomic E-state index is 0.168. The van der Waals surface area contributed by atoms with Crippen molar-refractivity contribution in [2.75, 3.05) is 0 Å². The topological polar surface area (TPSA) is 39.7 Å². The highest BCUT2D eigenvalue weighted by atomic mass is 16.5. The molecule has 1 aromatic carbocycles. The van der Waals surface area contributed by atoms with Gasteiger partial charge in [0.1, 0.15) is 5.69 Å². The Kier molecular flexibility index (Phi) is 2.50. The molecule has 0 amide bonds. The van der Waals surface area contributed by atoms with Gasteiger partial charge in [-0.05, 0) is 23.1 Å².